The average molecular weight is 224 g/mol. The monoisotopic (exact) mass is 224 g/mol. The van der Waals surface area contributed by atoms with Gasteiger partial charge in [0.15, 0.2) is 5.43 Å². The topological polar surface area (TPSA) is 79.6 Å². The fourth-order valence-electron chi connectivity index (χ4n) is 1.08. The van der Waals surface area contributed by atoms with Crippen LogP contribution in [0.15, 0.2) is 23.3 Å². The molecule has 1 rings (SSSR count). The standard InChI is InChI=1S/C10H12N2O4/c1-11(2)9(14)6-12-4-3-8(13)7(5-12)10(15)16/h3-5H,6H2,1-2H3,(H,15,16). The van der Waals surface area contributed by atoms with Gasteiger partial charge in [0.2, 0.25) is 5.91 Å². The molecule has 0 aromatic carbocycles. The fourth-order valence-corrected chi connectivity index (χ4v) is 1.08. The molecule has 6 nitrogen and oxygen atoms in total. The van der Waals surface area contributed by atoms with Crippen molar-refractivity contribution >= 4 is 11.9 Å². The SMILES string of the molecule is CN(C)C(=O)Cn1ccc(=O)c(C(=O)O)c1. The van der Waals surface area contributed by atoms with Gasteiger partial charge < -0.3 is 14.6 Å². The molecule has 0 aliphatic rings. The summed E-state index contributed by atoms with van der Waals surface area (Å²) in [6.07, 6.45) is 2.54. The number of amides is 1. The van der Waals surface area contributed by atoms with Crippen LogP contribution in [0, 0.1) is 0 Å². The summed E-state index contributed by atoms with van der Waals surface area (Å²) >= 11 is 0. The van der Waals surface area contributed by atoms with Gasteiger partial charge in [-0.15, -0.1) is 0 Å². The third kappa shape index (κ3) is 2.69. The highest BCUT2D eigenvalue weighted by Gasteiger charge is 2.10. The molecular formula is C10H12N2O4. The van der Waals surface area contributed by atoms with Crippen molar-refractivity contribution in [2.24, 2.45) is 0 Å². The molecule has 0 aliphatic heterocycles. The molecule has 0 aliphatic carbocycles. The number of carbonyl (C=O) groups excluding carboxylic acids is 1. The second-order valence-corrected chi connectivity index (χ2v) is 3.49. The van der Waals surface area contributed by atoms with E-state index in [-0.39, 0.29) is 18.0 Å². The molecule has 0 spiro atoms. The van der Waals surface area contributed by atoms with Gasteiger partial charge in [0.1, 0.15) is 12.1 Å². The van der Waals surface area contributed by atoms with E-state index in [1.165, 1.54) is 15.7 Å². The first-order valence-corrected chi connectivity index (χ1v) is 4.55. The third-order valence-electron chi connectivity index (χ3n) is 2.02. The molecule has 0 saturated heterocycles. The summed E-state index contributed by atoms with van der Waals surface area (Å²) in [5.41, 5.74) is -0.907. The van der Waals surface area contributed by atoms with Gasteiger partial charge in [0, 0.05) is 32.6 Å². The molecular weight excluding hydrogens is 212 g/mol. The first-order chi connectivity index (χ1) is 7.41. The lowest BCUT2D eigenvalue weighted by Crippen LogP contribution is -2.27. The van der Waals surface area contributed by atoms with Gasteiger partial charge in [0.25, 0.3) is 0 Å². The predicted molar refractivity (Wildman–Crippen MR) is 56.4 cm³/mol. The smallest absolute Gasteiger partial charge is 0.341 e. The summed E-state index contributed by atoms with van der Waals surface area (Å²) in [4.78, 5) is 34.6. The molecule has 1 aromatic rings. The Labute approximate surface area is 91.7 Å². The maximum Gasteiger partial charge on any atom is 0.341 e. The predicted octanol–water partition coefficient (Wildman–Crippen LogP) is -0.365. The van der Waals surface area contributed by atoms with Gasteiger partial charge in [-0.1, -0.05) is 0 Å². The van der Waals surface area contributed by atoms with E-state index in [0.717, 1.165) is 12.3 Å². The Morgan fingerprint density at radius 1 is 1.44 bits per heavy atom. The van der Waals surface area contributed by atoms with E-state index in [1.54, 1.807) is 14.1 Å². The fraction of sp³-hybridized carbons (Fsp3) is 0.300. The van der Waals surface area contributed by atoms with Crippen LogP contribution in [0.4, 0.5) is 0 Å². The largest absolute Gasteiger partial charge is 0.477 e. The Kier molecular flexibility index (Phi) is 3.44. The van der Waals surface area contributed by atoms with Crippen LogP contribution in [0.5, 0.6) is 0 Å². The van der Waals surface area contributed by atoms with E-state index in [2.05, 4.69) is 0 Å². The number of carboxylic acids is 1. The normalized spacial score (nSPS) is 9.88. The zero-order valence-corrected chi connectivity index (χ0v) is 9.01. The van der Waals surface area contributed by atoms with E-state index in [9.17, 15) is 14.4 Å². The number of hydrogen-bond acceptors (Lipinski definition) is 3. The van der Waals surface area contributed by atoms with Gasteiger partial charge in [-0.2, -0.15) is 0 Å². The zero-order chi connectivity index (χ0) is 12.3. The van der Waals surface area contributed by atoms with Crippen LogP contribution >= 0.6 is 0 Å². The average Bonchev–Trinajstić information content (AvgIpc) is 2.20. The van der Waals surface area contributed by atoms with Crippen LogP contribution in [0.3, 0.4) is 0 Å². The number of aromatic nitrogens is 1. The molecule has 0 unspecified atom stereocenters. The number of carbonyl (C=O) groups is 2. The number of pyridine rings is 1. The Bertz CT molecular complexity index is 476. The van der Waals surface area contributed by atoms with E-state index in [0.29, 0.717) is 0 Å². The number of likely N-dealkylation sites (N-methyl/N-ethyl adjacent to an activating group) is 1. The van der Waals surface area contributed by atoms with Crippen molar-refractivity contribution < 1.29 is 14.7 Å². The molecule has 1 amide bonds. The highest BCUT2D eigenvalue weighted by molar-refractivity contribution is 5.87. The Hall–Kier alpha value is -2.11. The minimum atomic E-state index is -1.29. The van der Waals surface area contributed by atoms with Crippen LogP contribution in [0.2, 0.25) is 0 Å². The van der Waals surface area contributed by atoms with Crippen LogP contribution in [0.25, 0.3) is 0 Å². The van der Waals surface area contributed by atoms with Crippen molar-refractivity contribution in [2.45, 2.75) is 6.54 Å². The molecule has 16 heavy (non-hydrogen) atoms. The van der Waals surface area contributed by atoms with Crippen molar-refractivity contribution in [1.29, 1.82) is 0 Å². The van der Waals surface area contributed by atoms with Crippen LogP contribution in [0.1, 0.15) is 10.4 Å². The minimum Gasteiger partial charge on any atom is -0.477 e. The minimum absolute atomic E-state index is 0.00750. The van der Waals surface area contributed by atoms with Crippen LogP contribution in [-0.4, -0.2) is 40.5 Å². The molecule has 1 heterocycles. The third-order valence-corrected chi connectivity index (χ3v) is 2.02. The highest BCUT2D eigenvalue weighted by Crippen LogP contribution is 1.94. The molecule has 0 atom stereocenters. The second kappa shape index (κ2) is 4.61. The van der Waals surface area contributed by atoms with Gasteiger partial charge >= 0.3 is 5.97 Å². The van der Waals surface area contributed by atoms with Crippen molar-refractivity contribution in [3.63, 3.8) is 0 Å². The Balaban J connectivity index is 3.00. The molecule has 1 N–H and O–H groups in total. The quantitative estimate of drug-likeness (QED) is 0.760. The molecule has 0 bridgehead atoms. The second-order valence-electron chi connectivity index (χ2n) is 3.49. The zero-order valence-electron chi connectivity index (χ0n) is 9.01. The first kappa shape index (κ1) is 12.0. The number of carboxylic acid groups (broad SMARTS) is 1. The lowest BCUT2D eigenvalue weighted by molar-refractivity contribution is -0.129. The Morgan fingerprint density at radius 3 is 2.56 bits per heavy atom. The lowest BCUT2D eigenvalue weighted by Gasteiger charge is -2.12. The number of nitrogens with zero attached hydrogens (tertiary/aromatic N) is 2. The molecule has 0 fully saturated rings. The van der Waals surface area contributed by atoms with E-state index < -0.39 is 11.4 Å². The van der Waals surface area contributed by atoms with Gasteiger partial charge in [-0.05, 0) is 0 Å². The van der Waals surface area contributed by atoms with Gasteiger partial charge in [-0.3, -0.25) is 9.59 Å². The van der Waals surface area contributed by atoms with Gasteiger partial charge in [-0.25, -0.2) is 4.79 Å². The van der Waals surface area contributed by atoms with E-state index >= 15 is 0 Å². The summed E-state index contributed by atoms with van der Waals surface area (Å²) in [7, 11) is 3.20. The molecule has 86 valence electrons. The highest BCUT2D eigenvalue weighted by atomic mass is 16.4. The number of rotatable bonds is 3. The number of hydrogen-bond donors (Lipinski definition) is 1. The van der Waals surface area contributed by atoms with Crippen molar-refractivity contribution in [1.82, 2.24) is 9.47 Å². The maximum absolute atomic E-state index is 11.4. The molecule has 1 aromatic heterocycles. The van der Waals surface area contributed by atoms with Crippen molar-refractivity contribution in [2.75, 3.05) is 14.1 Å². The first-order valence-electron chi connectivity index (χ1n) is 4.55. The molecule has 0 saturated carbocycles. The number of aromatic carboxylic acids is 1. The summed E-state index contributed by atoms with van der Waals surface area (Å²) in [6, 6.07) is 1.13. The van der Waals surface area contributed by atoms with E-state index in [1.807, 2.05) is 0 Å². The molecule has 6 heteroatoms. The lowest BCUT2D eigenvalue weighted by atomic mass is 10.3. The van der Waals surface area contributed by atoms with Gasteiger partial charge in [0.05, 0.1) is 0 Å². The van der Waals surface area contributed by atoms with E-state index in [4.69, 9.17) is 5.11 Å². The summed E-state index contributed by atoms with van der Waals surface area (Å²) < 4.78 is 1.37. The van der Waals surface area contributed by atoms with Crippen LogP contribution in [-0.2, 0) is 11.3 Å². The van der Waals surface area contributed by atoms with Crippen molar-refractivity contribution in [3.8, 4) is 0 Å². The summed E-state index contributed by atoms with van der Waals surface area (Å²) in [6.45, 7) is 0.00750. The van der Waals surface area contributed by atoms with Crippen molar-refractivity contribution in [3.05, 3.63) is 34.2 Å². The summed E-state index contributed by atoms with van der Waals surface area (Å²) in [5, 5.41) is 8.72. The summed E-state index contributed by atoms with van der Waals surface area (Å²) in [5.74, 6) is -1.48. The van der Waals surface area contributed by atoms with Crippen LogP contribution < -0.4 is 5.43 Å². The molecule has 0 radical (unpaired) electrons. The maximum atomic E-state index is 11.4. The Morgan fingerprint density at radius 2 is 2.06 bits per heavy atom.